The number of carbonyl (C=O) groups excluding carboxylic acids is 3. The number of quaternary nitrogens is 1. The van der Waals surface area contributed by atoms with Crippen LogP contribution in [-0.4, -0.2) is 45.9 Å². The molecule has 150 valence electrons. The second-order valence-corrected chi connectivity index (χ2v) is 8.54. The number of fused-ring (bicyclic) bond motifs is 4. The highest BCUT2D eigenvalue weighted by atomic mass is 16.3. The minimum atomic E-state index is -1.21. The molecule has 1 spiro atoms. The number of aliphatic hydroxyl groups excluding tert-OH is 1. The van der Waals surface area contributed by atoms with Gasteiger partial charge in [0.15, 0.2) is 0 Å². The Labute approximate surface area is 164 Å². The van der Waals surface area contributed by atoms with E-state index in [1.807, 2.05) is 39.8 Å². The maximum Gasteiger partial charge on any atom is 0.291 e. The summed E-state index contributed by atoms with van der Waals surface area (Å²) in [6, 6.07) is 3.05. The first-order chi connectivity index (χ1) is 13.2. The Morgan fingerprint density at radius 2 is 1.89 bits per heavy atom. The van der Waals surface area contributed by atoms with Gasteiger partial charge in [0.05, 0.1) is 5.69 Å². The van der Waals surface area contributed by atoms with Crippen LogP contribution < -0.4 is 10.6 Å². The van der Waals surface area contributed by atoms with Gasteiger partial charge in [-0.2, -0.15) is 0 Å². The molecule has 2 saturated heterocycles. The molecule has 7 heteroatoms. The summed E-state index contributed by atoms with van der Waals surface area (Å²) in [6.07, 6.45) is -0.183. The Balaban J connectivity index is 1.93. The maximum absolute atomic E-state index is 13.5. The van der Waals surface area contributed by atoms with Gasteiger partial charge >= 0.3 is 0 Å². The fourth-order valence-electron chi connectivity index (χ4n) is 5.28. The lowest BCUT2D eigenvalue weighted by atomic mass is 9.76. The summed E-state index contributed by atoms with van der Waals surface area (Å²) >= 11 is 0. The van der Waals surface area contributed by atoms with Crippen LogP contribution in [0.25, 0.3) is 0 Å². The number of aliphatic hydroxyl groups is 1. The number of nitrogens with one attached hydrogen (secondary N) is 1. The van der Waals surface area contributed by atoms with E-state index in [9.17, 15) is 19.5 Å². The van der Waals surface area contributed by atoms with E-state index in [4.69, 9.17) is 0 Å². The first-order valence-corrected chi connectivity index (χ1v) is 9.99. The van der Waals surface area contributed by atoms with Gasteiger partial charge in [-0.25, -0.2) is 0 Å². The van der Waals surface area contributed by atoms with Gasteiger partial charge in [-0.3, -0.25) is 19.3 Å². The molecule has 1 aromatic rings. The number of likely N-dealkylation sites (tertiary alicyclic amines) is 1. The summed E-state index contributed by atoms with van der Waals surface area (Å²) < 4.78 is 0. The minimum Gasteiger partial charge on any atom is -0.387 e. The van der Waals surface area contributed by atoms with Gasteiger partial charge in [0.25, 0.3) is 5.91 Å². The normalized spacial score (nSPS) is 33.3. The Bertz CT molecular complexity index is 896. The minimum absolute atomic E-state index is 0.235. The average molecular weight is 386 g/mol. The summed E-state index contributed by atoms with van der Waals surface area (Å²) in [7, 11) is 0. The van der Waals surface area contributed by atoms with Crippen LogP contribution in [0.15, 0.2) is 12.1 Å². The Morgan fingerprint density at radius 1 is 1.21 bits per heavy atom. The number of benzene rings is 1. The van der Waals surface area contributed by atoms with Crippen LogP contribution in [0.5, 0.6) is 0 Å². The number of aryl methyl sites for hydroxylation is 1. The Kier molecular flexibility index (Phi) is 4.17. The highest BCUT2D eigenvalue weighted by molar-refractivity contribution is 6.14. The molecule has 7 nitrogen and oxygen atoms in total. The molecular formula is C21H28N3O4+. The van der Waals surface area contributed by atoms with Gasteiger partial charge in [-0.05, 0) is 51.3 Å². The fraction of sp³-hybridized carbons (Fsp3) is 0.571. The number of nitrogens with zero attached hydrogens (tertiary/aromatic N) is 1. The molecule has 4 rings (SSSR count). The zero-order valence-electron chi connectivity index (χ0n) is 16.9. The molecule has 1 aromatic carbocycles. The van der Waals surface area contributed by atoms with Crippen LogP contribution in [0.1, 0.15) is 43.9 Å². The lowest BCUT2D eigenvalue weighted by molar-refractivity contribution is -0.738. The summed E-state index contributed by atoms with van der Waals surface area (Å²) in [5.74, 6) is -2.36. The van der Waals surface area contributed by atoms with Crippen LogP contribution in [0.2, 0.25) is 0 Å². The van der Waals surface area contributed by atoms with Crippen molar-refractivity contribution in [3.8, 4) is 0 Å². The van der Waals surface area contributed by atoms with Crippen molar-refractivity contribution in [2.75, 3.05) is 5.32 Å². The molecule has 3 aliphatic heterocycles. The number of anilines is 1. The predicted octanol–water partition coefficient (Wildman–Crippen LogP) is 0.177. The van der Waals surface area contributed by atoms with Crippen LogP contribution >= 0.6 is 0 Å². The summed E-state index contributed by atoms with van der Waals surface area (Å²) in [5, 5.41) is 15.2. The van der Waals surface area contributed by atoms with Crippen molar-refractivity contribution in [2.24, 2.45) is 11.8 Å². The predicted molar refractivity (Wildman–Crippen MR) is 102 cm³/mol. The Morgan fingerprint density at radius 3 is 2.50 bits per heavy atom. The topological polar surface area (TPSA) is 103 Å². The van der Waals surface area contributed by atoms with Crippen LogP contribution in [0.4, 0.5) is 5.69 Å². The monoisotopic (exact) mass is 386 g/mol. The van der Waals surface area contributed by atoms with Crippen molar-refractivity contribution in [3.63, 3.8) is 0 Å². The third-order valence-electron chi connectivity index (χ3n) is 7.13. The van der Waals surface area contributed by atoms with Gasteiger partial charge in [0, 0.05) is 11.6 Å². The van der Waals surface area contributed by atoms with Crippen molar-refractivity contribution in [1.82, 2.24) is 4.90 Å². The number of amides is 3. The molecule has 3 amide bonds. The van der Waals surface area contributed by atoms with E-state index in [0.717, 1.165) is 22.4 Å². The van der Waals surface area contributed by atoms with E-state index in [-0.39, 0.29) is 23.8 Å². The molecule has 28 heavy (non-hydrogen) atoms. The van der Waals surface area contributed by atoms with Crippen LogP contribution in [-0.2, 0) is 19.9 Å². The highest BCUT2D eigenvalue weighted by Gasteiger charge is 2.75. The quantitative estimate of drug-likeness (QED) is 0.645. The zero-order chi connectivity index (χ0) is 20.5. The molecule has 0 aliphatic carbocycles. The van der Waals surface area contributed by atoms with Crippen molar-refractivity contribution in [1.29, 1.82) is 0 Å². The summed E-state index contributed by atoms with van der Waals surface area (Å²) in [4.78, 5) is 41.3. The number of hydrogen-bond acceptors (Lipinski definition) is 4. The summed E-state index contributed by atoms with van der Waals surface area (Å²) in [5.41, 5.74) is 2.27. The van der Waals surface area contributed by atoms with Gasteiger partial charge in [-0.1, -0.05) is 13.0 Å². The Hall–Kier alpha value is -2.25. The first-order valence-electron chi connectivity index (χ1n) is 9.99. The molecule has 6 atom stereocenters. The van der Waals surface area contributed by atoms with Crippen molar-refractivity contribution in [3.05, 3.63) is 28.8 Å². The lowest BCUT2D eigenvalue weighted by Gasteiger charge is -2.29. The van der Waals surface area contributed by atoms with Crippen LogP contribution in [0, 0.1) is 25.7 Å². The average Bonchev–Trinajstić information content (AvgIpc) is 3.24. The van der Waals surface area contributed by atoms with Crippen molar-refractivity contribution < 1.29 is 24.8 Å². The molecule has 0 unspecified atom stereocenters. The number of nitrogens with two attached hydrogens (primary N) is 1. The smallest absolute Gasteiger partial charge is 0.291 e. The number of hydrogen-bond donors (Lipinski definition) is 3. The van der Waals surface area contributed by atoms with Gasteiger partial charge in [-0.15, -0.1) is 0 Å². The SMILES string of the molecule is CC[C@@H](C)N1C(=O)[C@@H]2[C@@H]([C@@H](C)O)[NH2+][C@]3(C(=O)Nc4c3ccc(C)c4C)[C@@H]2C1=O. The maximum atomic E-state index is 13.5. The van der Waals surface area contributed by atoms with E-state index in [1.165, 1.54) is 4.90 Å². The highest BCUT2D eigenvalue weighted by Crippen LogP contribution is 2.50. The van der Waals surface area contributed by atoms with Crippen LogP contribution in [0.3, 0.4) is 0 Å². The van der Waals surface area contributed by atoms with Gasteiger partial charge in [0.1, 0.15) is 24.0 Å². The molecule has 4 N–H and O–H groups in total. The number of imide groups is 1. The lowest BCUT2D eigenvalue weighted by Crippen LogP contribution is -3.00. The van der Waals surface area contributed by atoms with Crippen molar-refractivity contribution >= 4 is 23.4 Å². The third-order valence-corrected chi connectivity index (χ3v) is 7.13. The summed E-state index contributed by atoms with van der Waals surface area (Å²) in [6.45, 7) is 9.31. The molecule has 0 saturated carbocycles. The van der Waals surface area contributed by atoms with Gasteiger partial charge < -0.3 is 15.7 Å². The molecule has 0 bridgehead atoms. The van der Waals surface area contributed by atoms with E-state index in [1.54, 1.807) is 12.2 Å². The molecule has 3 heterocycles. The van der Waals surface area contributed by atoms with E-state index in [2.05, 4.69) is 5.32 Å². The fourth-order valence-corrected chi connectivity index (χ4v) is 5.28. The zero-order valence-corrected chi connectivity index (χ0v) is 16.9. The van der Waals surface area contributed by atoms with Gasteiger partial charge in [0.2, 0.25) is 17.4 Å². The third kappa shape index (κ3) is 2.14. The molecular weight excluding hydrogens is 358 g/mol. The molecule has 2 fully saturated rings. The van der Waals surface area contributed by atoms with E-state index < -0.39 is 29.5 Å². The largest absolute Gasteiger partial charge is 0.387 e. The second-order valence-electron chi connectivity index (χ2n) is 8.54. The number of rotatable bonds is 3. The molecule has 0 radical (unpaired) electrons. The van der Waals surface area contributed by atoms with E-state index >= 15 is 0 Å². The van der Waals surface area contributed by atoms with E-state index in [0.29, 0.717) is 6.42 Å². The second kappa shape index (κ2) is 6.12. The first kappa shape index (κ1) is 19.1. The molecule has 0 aromatic heterocycles. The number of carbonyl (C=O) groups is 3. The molecule has 3 aliphatic rings. The standard InChI is InChI=1S/C21H27N3O4/c1-6-10(3)24-18(26)14-15(19(24)27)21(23-17(14)12(5)25)13-8-7-9(2)11(4)16(13)22-20(21)28/h7-8,10,12,14-15,17,23,25H,6H2,1-5H3,(H,22,28)/p+1/t10-,12-,14+,15+,17-,21+/m1/s1. The van der Waals surface area contributed by atoms with Crippen molar-refractivity contribution in [2.45, 2.75) is 64.8 Å².